The SMILES string of the molecule is CCCC1CC(NC(=O)OC(C)Cc2ccc(C3CC4CCC3C4)cc2)C(=O)N1. The zero-order valence-corrected chi connectivity index (χ0v) is 17.7. The van der Waals surface area contributed by atoms with Gasteiger partial charge < -0.3 is 15.4 Å². The fourth-order valence-electron chi connectivity index (χ4n) is 5.70. The lowest BCUT2D eigenvalue weighted by Gasteiger charge is -2.22. The smallest absolute Gasteiger partial charge is 0.408 e. The highest BCUT2D eigenvalue weighted by Crippen LogP contribution is 2.52. The lowest BCUT2D eigenvalue weighted by molar-refractivity contribution is -0.121. The summed E-state index contributed by atoms with van der Waals surface area (Å²) >= 11 is 0. The van der Waals surface area contributed by atoms with E-state index in [2.05, 4.69) is 41.8 Å². The van der Waals surface area contributed by atoms with Gasteiger partial charge >= 0.3 is 6.09 Å². The van der Waals surface area contributed by atoms with Crippen molar-refractivity contribution in [2.24, 2.45) is 11.8 Å². The quantitative estimate of drug-likeness (QED) is 0.719. The molecule has 1 aliphatic heterocycles. The molecule has 29 heavy (non-hydrogen) atoms. The van der Waals surface area contributed by atoms with E-state index in [1.54, 1.807) is 0 Å². The van der Waals surface area contributed by atoms with E-state index < -0.39 is 12.1 Å². The van der Waals surface area contributed by atoms with Crippen LogP contribution in [0.25, 0.3) is 0 Å². The van der Waals surface area contributed by atoms with Crippen molar-refractivity contribution in [2.75, 3.05) is 0 Å². The highest BCUT2D eigenvalue weighted by Gasteiger charge is 2.40. The summed E-state index contributed by atoms with van der Waals surface area (Å²) in [6, 6.07) is 8.57. The van der Waals surface area contributed by atoms with Gasteiger partial charge in [0.05, 0.1) is 0 Å². The van der Waals surface area contributed by atoms with Crippen LogP contribution in [0.1, 0.15) is 75.8 Å². The van der Waals surface area contributed by atoms with Gasteiger partial charge in [-0.15, -0.1) is 0 Å². The van der Waals surface area contributed by atoms with E-state index in [0.29, 0.717) is 12.8 Å². The topological polar surface area (TPSA) is 67.4 Å². The third-order valence-electron chi connectivity index (χ3n) is 7.09. The van der Waals surface area contributed by atoms with Crippen LogP contribution in [0.2, 0.25) is 0 Å². The van der Waals surface area contributed by atoms with Crippen molar-refractivity contribution in [2.45, 2.75) is 89.3 Å². The second-order valence-corrected chi connectivity index (χ2v) is 9.37. The van der Waals surface area contributed by atoms with E-state index in [-0.39, 0.29) is 18.1 Å². The van der Waals surface area contributed by atoms with Gasteiger partial charge in [-0.3, -0.25) is 4.79 Å². The second-order valence-electron chi connectivity index (χ2n) is 9.37. The standard InChI is InChI=1S/C24H34N2O3/c1-3-4-20-14-22(23(27)25-20)26-24(28)29-15(2)11-16-5-8-18(9-6-16)21-13-17-7-10-19(21)12-17/h5-6,8-9,15,17,19-22H,3-4,7,10-14H2,1-2H3,(H,25,27)(H,26,28). The third-order valence-corrected chi connectivity index (χ3v) is 7.09. The molecule has 2 N–H and O–H groups in total. The third kappa shape index (κ3) is 4.76. The number of benzene rings is 1. The minimum absolute atomic E-state index is 0.107. The number of carbonyl (C=O) groups excluding carboxylic acids is 2. The molecule has 158 valence electrons. The van der Waals surface area contributed by atoms with Crippen LogP contribution in [0.4, 0.5) is 4.79 Å². The number of nitrogens with one attached hydrogen (secondary N) is 2. The van der Waals surface area contributed by atoms with E-state index >= 15 is 0 Å². The summed E-state index contributed by atoms with van der Waals surface area (Å²) in [6.45, 7) is 3.99. The Morgan fingerprint density at radius 3 is 2.66 bits per heavy atom. The lowest BCUT2D eigenvalue weighted by Crippen LogP contribution is -2.41. The van der Waals surface area contributed by atoms with Crippen molar-refractivity contribution < 1.29 is 14.3 Å². The summed E-state index contributed by atoms with van der Waals surface area (Å²) in [4.78, 5) is 24.2. The predicted molar refractivity (Wildman–Crippen MR) is 113 cm³/mol. The lowest BCUT2D eigenvalue weighted by atomic mass is 9.83. The first-order chi connectivity index (χ1) is 14.0. The zero-order valence-electron chi connectivity index (χ0n) is 17.7. The number of rotatable bonds is 7. The molecule has 5 nitrogen and oxygen atoms in total. The first kappa shape index (κ1) is 20.2. The monoisotopic (exact) mass is 398 g/mol. The molecule has 6 atom stereocenters. The molecule has 1 saturated heterocycles. The van der Waals surface area contributed by atoms with E-state index in [0.717, 1.165) is 30.6 Å². The van der Waals surface area contributed by atoms with Gasteiger partial charge in [-0.25, -0.2) is 4.79 Å². The van der Waals surface area contributed by atoms with Crippen LogP contribution in [-0.2, 0) is 16.0 Å². The van der Waals surface area contributed by atoms with E-state index in [9.17, 15) is 9.59 Å². The van der Waals surface area contributed by atoms with Crippen LogP contribution in [0.5, 0.6) is 0 Å². The van der Waals surface area contributed by atoms with Gasteiger partial charge in [-0.1, -0.05) is 44.0 Å². The summed E-state index contributed by atoms with van der Waals surface area (Å²) in [5.74, 6) is 2.48. The average molecular weight is 399 g/mol. The molecule has 0 spiro atoms. The van der Waals surface area contributed by atoms with Crippen molar-refractivity contribution in [3.05, 3.63) is 35.4 Å². The summed E-state index contributed by atoms with van der Waals surface area (Å²) in [5, 5.41) is 5.65. The highest BCUT2D eigenvalue weighted by molar-refractivity contribution is 5.87. The maximum Gasteiger partial charge on any atom is 0.408 e. The molecule has 6 unspecified atom stereocenters. The molecule has 1 aromatic rings. The van der Waals surface area contributed by atoms with Crippen molar-refractivity contribution in [3.8, 4) is 0 Å². The Labute approximate surface area is 174 Å². The minimum Gasteiger partial charge on any atom is -0.446 e. The van der Waals surface area contributed by atoms with Crippen LogP contribution in [-0.4, -0.2) is 30.2 Å². The zero-order chi connectivity index (χ0) is 20.4. The minimum atomic E-state index is -0.506. The molecule has 1 heterocycles. The maximum atomic E-state index is 12.2. The Kier molecular flexibility index (Phi) is 6.12. The largest absolute Gasteiger partial charge is 0.446 e. The van der Waals surface area contributed by atoms with Crippen LogP contribution in [0, 0.1) is 11.8 Å². The van der Waals surface area contributed by atoms with Crippen molar-refractivity contribution in [1.29, 1.82) is 0 Å². The van der Waals surface area contributed by atoms with Crippen molar-refractivity contribution in [1.82, 2.24) is 10.6 Å². The van der Waals surface area contributed by atoms with Gasteiger partial charge in [0.1, 0.15) is 12.1 Å². The number of hydrogen-bond acceptors (Lipinski definition) is 3. The fourth-order valence-corrected chi connectivity index (χ4v) is 5.70. The number of alkyl carbamates (subject to hydrolysis) is 1. The van der Waals surface area contributed by atoms with Crippen LogP contribution in [0.3, 0.4) is 0 Å². The summed E-state index contributed by atoms with van der Waals surface area (Å²) < 4.78 is 5.50. The Hall–Kier alpha value is -2.04. The van der Waals surface area contributed by atoms with Crippen LogP contribution >= 0.6 is 0 Å². The predicted octanol–water partition coefficient (Wildman–Crippen LogP) is 4.30. The summed E-state index contributed by atoms with van der Waals surface area (Å²) in [6.07, 6.45) is 8.14. The number of fused-ring (bicyclic) bond motifs is 2. The molecular weight excluding hydrogens is 364 g/mol. The molecule has 5 heteroatoms. The van der Waals surface area contributed by atoms with Gasteiger partial charge in [0.15, 0.2) is 0 Å². The van der Waals surface area contributed by atoms with E-state index in [1.165, 1.54) is 36.8 Å². The first-order valence-corrected chi connectivity index (χ1v) is 11.4. The summed E-state index contributed by atoms with van der Waals surface area (Å²) in [7, 11) is 0. The molecule has 1 aromatic carbocycles. The van der Waals surface area contributed by atoms with Gasteiger partial charge in [0, 0.05) is 12.5 Å². The molecule has 2 saturated carbocycles. The van der Waals surface area contributed by atoms with Gasteiger partial charge in [0.25, 0.3) is 0 Å². The van der Waals surface area contributed by atoms with Crippen LogP contribution in [0.15, 0.2) is 24.3 Å². The second kappa shape index (κ2) is 8.76. The summed E-state index contributed by atoms with van der Waals surface area (Å²) in [5.41, 5.74) is 2.65. The Bertz CT molecular complexity index is 732. The first-order valence-electron chi connectivity index (χ1n) is 11.4. The molecule has 0 aromatic heterocycles. The van der Waals surface area contributed by atoms with Crippen molar-refractivity contribution in [3.63, 3.8) is 0 Å². The van der Waals surface area contributed by atoms with Gasteiger partial charge in [-0.2, -0.15) is 0 Å². The van der Waals surface area contributed by atoms with Gasteiger partial charge in [0.2, 0.25) is 5.91 Å². The molecule has 2 aliphatic carbocycles. The van der Waals surface area contributed by atoms with Crippen LogP contribution < -0.4 is 10.6 Å². The highest BCUT2D eigenvalue weighted by atomic mass is 16.6. The van der Waals surface area contributed by atoms with Gasteiger partial charge in [-0.05, 0) is 67.9 Å². The Morgan fingerprint density at radius 1 is 1.21 bits per heavy atom. The average Bonchev–Trinajstić information content (AvgIpc) is 3.39. The van der Waals surface area contributed by atoms with E-state index in [4.69, 9.17) is 4.74 Å². The normalized spacial score (nSPS) is 31.5. The molecule has 3 aliphatic rings. The number of ether oxygens (including phenoxy) is 1. The Morgan fingerprint density at radius 2 is 2.00 bits per heavy atom. The maximum absolute atomic E-state index is 12.2. The molecule has 4 rings (SSSR count). The molecule has 3 fully saturated rings. The fraction of sp³-hybridized carbons (Fsp3) is 0.667. The molecule has 2 bridgehead atoms. The number of carbonyl (C=O) groups is 2. The molecular formula is C24H34N2O3. The Balaban J connectivity index is 1.23. The van der Waals surface area contributed by atoms with Crippen molar-refractivity contribution >= 4 is 12.0 Å². The molecule has 2 amide bonds. The number of amides is 2. The number of hydrogen-bond donors (Lipinski definition) is 2. The van der Waals surface area contributed by atoms with E-state index in [1.807, 2.05) is 6.92 Å². The molecule has 0 radical (unpaired) electrons.